The minimum Gasteiger partial charge on any atom is -0.399 e. The smallest absolute Gasteiger partial charge is 0.0314 e. The zero-order chi connectivity index (χ0) is 89.2. The van der Waals surface area contributed by atoms with Crippen molar-refractivity contribution in [3.05, 3.63) is 345 Å². The van der Waals surface area contributed by atoms with Crippen molar-refractivity contribution in [2.75, 3.05) is 103 Å². The summed E-state index contributed by atoms with van der Waals surface area (Å²) in [5.41, 5.74) is 18.8. The first-order valence-corrected chi connectivity index (χ1v) is 48.7. The maximum absolute atomic E-state index is 13.9. The van der Waals surface area contributed by atoms with Crippen LogP contribution in [0.5, 0.6) is 0 Å². The van der Waals surface area contributed by atoms with Gasteiger partial charge in [0.2, 0.25) is 0 Å². The van der Waals surface area contributed by atoms with Crippen LogP contribution in [0.3, 0.4) is 0 Å². The zero-order valence-electron chi connectivity index (χ0n) is 67.2. The Kier molecular flexibility index (Phi) is 43.2. The number of sulfonamides is 1. The fourth-order valence-electron chi connectivity index (χ4n) is 10.5. The SMILES string of the molecule is COC(=O)c1ccc(-c2ccc(S(=O)(=O)Nc3ccc(Br)cc3)cc2)cc1.COC(=O)c1ccc(B(O)O)cc1.COCCOCCN.COCCOCCN=S(=O)(Nc1ccc(Br)cc1)c1ccc(-c2ccc(C(=O)OC)cc2)cc1.Cc1ccc(S(=O)(=O)Cl)cc1.ClP(Cl)(c1ccccc1)(c1ccccc1)c1ccccc1.Nc1ccc(Br)cc1. The van der Waals surface area contributed by atoms with Gasteiger partial charge in [-0.1, -0.05) is 126 Å². The van der Waals surface area contributed by atoms with E-state index in [4.69, 9.17) is 78.4 Å². The Bertz CT molecular complexity index is 5420. The second-order valence-corrected chi connectivity index (χ2v) is 42.4. The number of hydrogen-bond acceptors (Lipinski definition) is 20. The van der Waals surface area contributed by atoms with Gasteiger partial charge in [-0.2, -0.15) is 0 Å². The van der Waals surface area contributed by atoms with Gasteiger partial charge in [-0.05, 0) is 180 Å². The molecule has 0 radical (unpaired) electrons. The Morgan fingerprint density at radius 3 is 1.08 bits per heavy atom. The topological polar surface area (TPSA) is 330 Å². The van der Waals surface area contributed by atoms with Crippen molar-refractivity contribution in [2.45, 2.75) is 21.6 Å². The molecule has 33 heteroatoms. The first-order valence-electron chi connectivity index (χ1n) is 37.0. The van der Waals surface area contributed by atoms with Gasteiger partial charge in [0, 0.05) is 61.9 Å². The van der Waals surface area contributed by atoms with Gasteiger partial charge in [0.15, 0.2) is 9.92 Å². The van der Waals surface area contributed by atoms with Gasteiger partial charge in [0.1, 0.15) is 0 Å². The van der Waals surface area contributed by atoms with E-state index in [1.165, 1.54) is 57.7 Å². The molecule has 1 atom stereocenters. The molecule has 12 aromatic carbocycles. The van der Waals surface area contributed by atoms with Crippen molar-refractivity contribution in [1.82, 2.24) is 0 Å². The van der Waals surface area contributed by atoms with E-state index in [1.54, 1.807) is 123 Å². The monoisotopic (exact) mass is 1980 g/mol. The predicted octanol–water partition coefficient (Wildman–Crippen LogP) is 17.7. The van der Waals surface area contributed by atoms with Gasteiger partial charge < -0.3 is 54.7 Å². The number of methoxy groups -OCH3 is 5. The molecule has 0 aliphatic carbocycles. The third kappa shape index (κ3) is 33.1. The third-order valence-electron chi connectivity index (χ3n) is 16.9. The van der Waals surface area contributed by atoms with Crippen LogP contribution >= 0.6 is 86.3 Å². The normalized spacial score (nSPS) is 11.5. The Morgan fingerprint density at radius 1 is 0.418 bits per heavy atom. The number of anilines is 3. The first-order chi connectivity index (χ1) is 58.3. The van der Waals surface area contributed by atoms with E-state index in [9.17, 15) is 35.4 Å². The minimum atomic E-state index is -3.67. The predicted molar refractivity (Wildman–Crippen MR) is 505 cm³/mol. The van der Waals surface area contributed by atoms with Gasteiger partial charge >= 0.3 is 160 Å². The summed E-state index contributed by atoms with van der Waals surface area (Å²) in [6, 6.07) is 91.9. The van der Waals surface area contributed by atoms with Crippen molar-refractivity contribution in [3.8, 4) is 22.3 Å². The average Bonchev–Trinajstić information content (AvgIpc) is 0.717. The summed E-state index contributed by atoms with van der Waals surface area (Å²) in [4.78, 5) is 35.0. The quantitative estimate of drug-likeness (QED) is 0.00530. The summed E-state index contributed by atoms with van der Waals surface area (Å²) < 4.78 is 107. The van der Waals surface area contributed by atoms with Crippen LogP contribution in [0.1, 0.15) is 36.6 Å². The zero-order valence-corrected chi connectivity index (χ0v) is 77.6. The molecule has 0 heterocycles. The van der Waals surface area contributed by atoms with Crippen LogP contribution in [0.25, 0.3) is 22.3 Å². The Morgan fingerprint density at radius 2 is 0.746 bits per heavy atom. The molecule has 12 aromatic rings. The molecular weight excluding hydrogens is 1900 g/mol. The number of nitrogens with zero attached hydrogens (tertiary/aromatic N) is 1. The van der Waals surface area contributed by atoms with E-state index < -0.39 is 53.4 Å². The van der Waals surface area contributed by atoms with Crippen molar-refractivity contribution >= 4 is 179 Å². The minimum absolute atomic E-state index is 0.143. The van der Waals surface area contributed by atoms with Gasteiger partial charge in [-0.25, -0.2) is 39.8 Å². The van der Waals surface area contributed by atoms with Crippen molar-refractivity contribution < 1.29 is 78.6 Å². The fraction of sp³-hybridized carbons (Fsp3) is 0.157. The van der Waals surface area contributed by atoms with Crippen LogP contribution in [0.15, 0.2) is 342 Å². The summed E-state index contributed by atoms with van der Waals surface area (Å²) >= 11 is 24.6. The molecule has 0 amide bonds. The van der Waals surface area contributed by atoms with Crippen LogP contribution in [0, 0.1) is 6.92 Å². The number of carbonyl (C=O) groups is 3. The third-order valence-corrected chi connectivity index (χ3v) is 30.3. The fourth-order valence-corrected chi connectivity index (χ4v) is 19.7. The van der Waals surface area contributed by atoms with Crippen molar-refractivity contribution in [2.24, 2.45) is 10.1 Å². The Hall–Kier alpha value is -9.18. The number of nitrogen functional groups attached to an aromatic ring is 1. The molecule has 8 N–H and O–H groups in total. The summed E-state index contributed by atoms with van der Waals surface area (Å²) in [6.45, 7) is 5.95. The van der Waals surface area contributed by atoms with E-state index in [1.807, 2.05) is 171 Å². The number of aryl methyl sites for hydroxylation is 1. The van der Waals surface area contributed by atoms with Crippen LogP contribution in [-0.2, 0) is 62.1 Å². The van der Waals surface area contributed by atoms with Gasteiger partial charge in [-0.3, -0.25) is 9.44 Å². The van der Waals surface area contributed by atoms with E-state index in [0.29, 0.717) is 84.6 Å². The number of nitrogens with two attached hydrogens (primary N) is 2. The number of nitrogens with one attached hydrogen (secondary N) is 2. The molecule has 0 aliphatic heterocycles. The van der Waals surface area contributed by atoms with E-state index in [-0.39, 0.29) is 22.3 Å². The van der Waals surface area contributed by atoms with Crippen LogP contribution < -0.4 is 42.3 Å². The first kappa shape index (κ1) is 102. The second-order valence-electron chi connectivity index (χ2n) is 25.5. The number of hydrogen-bond donors (Lipinski definition) is 6. The van der Waals surface area contributed by atoms with Crippen LogP contribution in [-0.4, -0.2) is 144 Å². The van der Waals surface area contributed by atoms with E-state index in [0.717, 1.165) is 62.8 Å². The molecule has 0 fully saturated rings. The molecule has 0 saturated heterocycles. The van der Waals surface area contributed by atoms with E-state index in [2.05, 4.69) is 71.1 Å². The molecular formula is C89H93BBr3Cl3N5O17PS3. The summed E-state index contributed by atoms with van der Waals surface area (Å²) in [5, 5.41) is 17.0. The average molecular weight is 1990 g/mol. The molecule has 0 aliphatic rings. The molecule has 122 heavy (non-hydrogen) atoms. The maximum Gasteiger partial charge on any atom is 0.0314 e. The number of ether oxygens (including phenoxy) is 7. The Labute approximate surface area is 753 Å². The molecule has 0 spiro atoms. The number of carbonyl (C=O) groups excluding carboxylic acids is 3. The summed E-state index contributed by atoms with van der Waals surface area (Å²) in [6.07, 6.45) is 0. The molecule has 0 saturated carbocycles. The van der Waals surface area contributed by atoms with Crippen LogP contribution in [0.2, 0.25) is 0 Å². The van der Waals surface area contributed by atoms with Gasteiger partial charge in [0.05, 0.1) is 98.9 Å². The van der Waals surface area contributed by atoms with Crippen molar-refractivity contribution in [1.29, 1.82) is 0 Å². The molecule has 12 rings (SSSR count). The summed E-state index contributed by atoms with van der Waals surface area (Å²) in [7, 11) is 0.624. The van der Waals surface area contributed by atoms with Gasteiger partial charge in [0.25, 0.3) is 19.1 Å². The largest absolute Gasteiger partial charge is 0.399 e. The van der Waals surface area contributed by atoms with E-state index >= 15 is 0 Å². The van der Waals surface area contributed by atoms with Gasteiger partial charge in [-0.15, -0.1) is 0 Å². The molecule has 22 nitrogen and oxygen atoms in total. The number of benzene rings is 12. The molecule has 0 aromatic heterocycles. The molecule has 644 valence electrons. The second kappa shape index (κ2) is 51.8. The summed E-state index contributed by atoms with van der Waals surface area (Å²) in [5.74, 6) is -1.23. The number of esters is 3. The molecule has 0 bridgehead atoms. The van der Waals surface area contributed by atoms with Crippen LogP contribution in [0.4, 0.5) is 17.1 Å². The number of rotatable bonds is 27. The maximum atomic E-state index is 13.9. The van der Waals surface area contributed by atoms with Crippen molar-refractivity contribution in [3.63, 3.8) is 0 Å². The standard InChI is InChI=1S/C25H27BrN2O5S.C20H16BrNO4S.C18H15Cl2P.C8H9BO4.C7H7ClO2S.C6H6BrN.C5H13NO2/c1-31-17-18-33-16-15-27-34(30,28-23-11-9-22(26)10-12-23)24-13-7-20(8-14-24)19-3-5-21(6-4-19)25(29)32-2;1-26-20(23)16-4-2-14(3-5-16)15-6-12-19(13-7-15)27(24,25)22-18-10-8-17(21)9-11-18;19-21(20,16-10-4-1-5-11-16,17-12-6-2-7-13-17)18-14-8-3-9-15-18;1-13-8(10)6-2-4-7(5-3-6)9(11)12;1-6-2-4-7(5-3-6)11(8,9)10;7-5-1-3-6(8)4-2-5;1-7-4-5-8-3-2-6/h3-14H,15-18H2,1-2H3,(H,27,28,30);2-13,22H,1H3;1-15H;2-5,11-12H,1H3;2-5H,1H3;1-4H,8H2;2-6H2,1H3. The number of halogens is 6. The Balaban J connectivity index is 0.000000234. The molecule has 1 unspecified atom stereocenters.